The zero-order valence-corrected chi connectivity index (χ0v) is 16.0. The summed E-state index contributed by atoms with van der Waals surface area (Å²) in [6, 6.07) is 15.5. The monoisotopic (exact) mass is 432 g/mol. The summed E-state index contributed by atoms with van der Waals surface area (Å²) in [7, 11) is -4.92. The molecule has 0 saturated carbocycles. The molecule has 0 radical (unpaired) electrons. The summed E-state index contributed by atoms with van der Waals surface area (Å²) in [5.74, 6) is -3.66. The molecule has 154 valence electrons. The van der Waals surface area contributed by atoms with Crippen LogP contribution < -0.4 is 5.32 Å². The van der Waals surface area contributed by atoms with E-state index in [-0.39, 0.29) is 12.1 Å². The van der Waals surface area contributed by atoms with Gasteiger partial charge < -0.3 is 14.3 Å². The van der Waals surface area contributed by atoms with Crippen molar-refractivity contribution in [1.29, 1.82) is 0 Å². The molecular formula is C20H14F2N2O5S. The topological polar surface area (TPSA) is 102 Å². The molecule has 10 heteroatoms. The summed E-state index contributed by atoms with van der Waals surface area (Å²) in [4.78, 5) is 11.7. The lowest BCUT2D eigenvalue weighted by molar-refractivity contribution is 0.0946. The predicted molar refractivity (Wildman–Crippen MR) is 103 cm³/mol. The lowest BCUT2D eigenvalue weighted by Gasteiger charge is -2.09. The van der Waals surface area contributed by atoms with Gasteiger partial charge in [0, 0.05) is 11.5 Å². The van der Waals surface area contributed by atoms with Crippen molar-refractivity contribution < 1.29 is 30.9 Å². The maximum atomic E-state index is 12.9. The number of carbonyl (C=O) groups is 1. The second-order valence-electron chi connectivity index (χ2n) is 6.32. The average molecular weight is 432 g/mol. The standard InChI is InChI=1S/C20H14F2N2O5S/c21-20(22)30(26,27)18-8-4-2-6-14(18)19(25)23-11-13-10-17(29-24-13)16-9-12-5-1-3-7-15(12)28-16/h1-10,20H,11H2,(H,23,25). The number of benzene rings is 2. The number of alkyl halides is 2. The molecule has 4 aromatic rings. The SMILES string of the molecule is O=C(NCc1cc(-c2cc3ccccc3o2)on1)c1ccccc1S(=O)(=O)C(F)F. The van der Waals surface area contributed by atoms with Crippen LogP contribution in [0.15, 0.2) is 74.5 Å². The highest BCUT2D eigenvalue weighted by molar-refractivity contribution is 7.91. The Bertz CT molecular complexity index is 1290. The normalized spacial score (nSPS) is 11.8. The molecule has 0 aliphatic heterocycles. The lowest BCUT2D eigenvalue weighted by Crippen LogP contribution is -2.26. The number of fused-ring (bicyclic) bond motifs is 1. The van der Waals surface area contributed by atoms with Crippen LogP contribution in [0.25, 0.3) is 22.5 Å². The number of nitrogens with one attached hydrogen (secondary N) is 1. The van der Waals surface area contributed by atoms with Gasteiger partial charge in [0.2, 0.25) is 15.6 Å². The third-order valence-corrected chi connectivity index (χ3v) is 5.77. The summed E-state index contributed by atoms with van der Waals surface area (Å²) in [5.41, 5.74) is 0.641. The Morgan fingerprint density at radius 3 is 2.53 bits per heavy atom. The van der Waals surface area contributed by atoms with Crippen LogP contribution in [0.5, 0.6) is 0 Å². The Balaban J connectivity index is 1.51. The second-order valence-corrected chi connectivity index (χ2v) is 8.20. The number of sulfone groups is 1. The van der Waals surface area contributed by atoms with Crippen molar-refractivity contribution in [2.45, 2.75) is 17.2 Å². The van der Waals surface area contributed by atoms with E-state index in [1.807, 2.05) is 18.2 Å². The second kappa shape index (κ2) is 7.71. The van der Waals surface area contributed by atoms with Crippen molar-refractivity contribution in [2.75, 3.05) is 0 Å². The summed E-state index contributed by atoms with van der Waals surface area (Å²) in [6.45, 7) is -0.106. The van der Waals surface area contributed by atoms with Crippen molar-refractivity contribution in [3.8, 4) is 11.5 Å². The first kappa shape index (κ1) is 19.8. The summed E-state index contributed by atoms with van der Waals surface area (Å²) < 4.78 is 60.3. The highest BCUT2D eigenvalue weighted by Crippen LogP contribution is 2.28. The van der Waals surface area contributed by atoms with Gasteiger partial charge in [0.1, 0.15) is 11.3 Å². The van der Waals surface area contributed by atoms with E-state index in [2.05, 4.69) is 10.5 Å². The van der Waals surface area contributed by atoms with Crippen LogP contribution in [0.4, 0.5) is 8.78 Å². The first-order valence-corrected chi connectivity index (χ1v) is 10.2. The van der Waals surface area contributed by atoms with Crippen molar-refractivity contribution >= 4 is 26.7 Å². The van der Waals surface area contributed by atoms with E-state index in [1.54, 1.807) is 18.2 Å². The van der Waals surface area contributed by atoms with Crippen LogP contribution in [-0.2, 0) is 16.4 Å². The van der Waals surface area contributed by atoms with Gasteiger partial charge in [-0.2, -0.15) is 8.78 Å². The molecule has 0 fully saturated rings. The largest absolute Gasteiger partial charge is 0.453 e. The van der Waals surface area contributed by atoms with E-state index in [0.29, 0.717) is 22.8 Å². The van der Waals surface area contributed by atoms with Gasteiger partial charge in [-0.15, -0.1) is 0 Å². The van der Waals surface area contributed by atoms with E-state index >= 15 is 0 Å². The van der Waals surface area contributed by atoms with Gasteiger partial charge in [-0.05, 0) is 24.3 Å². The zero-order chi connectivity index (χ0) is 21.3. The third kappa shape index (κ3) is 3.69. The summed E-state index contributed by atoms with van der Waals surface area (Å²) in [6.07, 6.45) is 0. The van der Waals surface area contributed by atoms with Gasteiger partial charge in [0.05, 0.1) is 17.0 Å². The molecular weight excluding hydrogens is 418 g/mol. The Labute approximate surface area is 169 Å². The number of amides is 1. The number of aromatic nitrogens is 1. The van der Waals surface area contributed by atoms with Gasteiger partial charge in [0.25, 0.3) is 5.91 Å². The molecule has 0 aliphatic rings. The number of hydrogen-bond acceptors (Lipinski definition) is 6. The van der Waals surface area contributed by atoms with Gasteiger partial charge in [-0.3, -0.25) is 4.79 Å². The molecule has 0 spiro atoms. The van der Waals surface area contributed by atoms with Gasteiger partial charge in [-0.25, -0.2) is 8.42 Å². The number of nitrogens with zero attached hydrogens (tertiary/aromatic N) is 1. The lowest BCUT2D eigenvalue weighted by atomic mass is 10.2. The fourth-order valence-electron chi connectivity index (χ4n) is 2.88. The fourth-order valence-corrected chi connectivity index (χ4v) is 3.81. The van der Waals surface area contributed by atoms with Gasteiger partial charge in [0.15, 0.2) is 5.76 Å². The Morgan fingerprint density at radius 2 is 1.77 bits per heavy atom. The van der Waals surface area contributed by atoms with Crippen molar-refractivity contribution in [3.05, 3.63) is 71.9 Å². The van der Waals surface area contributed by atoms with Crippen LogP contribution in [-0.4, -0.2) is 25.2 Å². The highest BCUT2D eigenvalue weighted by Gasteiger charge is 2.30. The Kier molecular flexibility index (Phi) is 5.08. The molecule has 0 saturated heterocycles. The number of halogens is 2. The van der Waals surface area contributed by atoms with Crippen molar-refractivity contribution in [1.82, 2.24) is 10.5 Å². The molecule has 2 aromatic carbocycles. The van der Waals surface area contributed by atoms with Crippen molar-refractivity contribution in [2.24, 2.45) is 0 Å². The van der Waals surface area contributed by atoms with E-state index in [4.69, 9.17) is 8.94 Å². The molecule has 0 aliphatic carbocycles. The van der Waals surface area contributed by atoms with Crippen LogP contribution >= 0.6 is 0 Å². The minimum atomic E-state index is -4.92. The number of rotatable bonds is 6. The molecule has 30 heavy (non-hydrogen) atoms. The molecule has 2 heterocycles. The molecule has 0 atom stereocenters. The molecule has 0 unspecified atom stereocenters. The van der Waals surface area contributed by atoms with Gasteiger partial charge >= 0.3 is 5.76 Å². The Morgan fingerprint density at radius 1 is 1.03 bits per heavy atom. The number of para-hydroxylation sites is 1. The van der Waals surface area contributed by atoms with Crippen LogP contribution in [0.1, 0.15) is 16.1 Å². The number of hydrogen-bond donors (Lipinski definition) is 1. The molecule has 2 aromatic heterocycles. The Hall–Kier alpha value is -3.53. The number of carbonyl (C=O) groups excluding carboxylic acids is 1. The average Bonchev–Trinajstić information content (AvgIpc) is 3.38. The van der Waals surface area contributed by atoms with Crippen molar-refractivity contribution in [3.63, 3.8) is 0 Å². The predicted octanol–water partition coefficient (Wildman–Crippen LogP) is 4.01. The smallest absolute Gasteiger partial charge is 0.341 e. The molecule has 7 nitrogen and oxygen atoms in total. The molecule has 1 N–H and O–H groups in total. The highest BCUT2D eigenvalue weighted by atomic mass is 32.2. The quantitative estimate of drug-likeness (QED) is 0.494. The first-order chi connectivity index (χ1) is 14.4. The summed E-state index contributed by atoms with van der Waals surface area (Å²) >= 11 is 0. The van der Waals surface area contributed by atoms with E-state index in [1.165, 1.54) is 12.1 Å². The minimum Gasteiger partial charge on any atom is -0.453 e. The maximum absolute atomic E-state index is 12.9. The van der Waals surface area contributed by atoms with Crippen LogP contribution in [0, 0.1) is 0 Å². The molecule has 0 bridgehead atoms. The van der Waals surface area contributed by atoms with Gasteiger partial charge in [-0.1, -0.05) is 35.5 Å². The van der Waals surface area contributed by atoms with E-state index < -0.39 is 26.4 Å². The fraction of sp³-hybridized carbons (Fsp3) is 0.100. The van der Waals surface area contributed by atoms with E-state index in [0.717, 1.165) is 17.5 Å². The minimum absolute atomic E-state index is 0.106. The molecule has 4 rings (SSSR count). The molecule has 1 amide bonds. The number of furan rings is 1. The van der Waals surface area contributed by atoms with Crippen LogP contribution in [0.3, 0.4) is 0 Å². The zero-order valence-electron chi connectivity index (χ0n) is 15.2. The van der Waals surface area contributed by atoms with E-state index in [9.17, 15) is 22.0 Å². The summed E-state index contributed by atoms with van der Waals surface area (Å²) in [5, 5.41) is 7.18. The third-order valence-electron chi connectivity index (χ3n) is 4.33. The van der Waals surface area contributed by atoms with Crippen LogP contribution in [0.2, 0.25) is 0 Å². The maximum Gasteiger partial charge on any atom is 0.341 e. The first-order valence-electron chi connectivity index (χ1n) is 8.70.